The normalized spacial score (nSPS) is 20.7. The van der Waals surface area contributed by atoms with E-state index < -0.39 is 0 Å². The lowest BCUT2D eigenvalue weighted by Crippen LogP contribution is -2.50. The second kappa shape index (κ2) is 15.7. The van der Waals surface area contributed by atoms with Crippen molar-refractivity contribution in [2.45, 2.75) is 103 Å². The number of nitrogens with one attached hydrogen (secondary N) is 1. The summed E-state index contributed by atoms with van der Waals surface area (Å²) in [5.74, 6) is 1.08. The first-order valence-corrected chi connectivity index (χ1v) is 20.3. The first kappa shape index (κ1) is 37.6. The van der Waals surface area contributed by atoms with Crippen LogP contribution in [0.4, 0.5) is 15.9 Å². The summed E-state index contributed by atoms with van der Waals surface area (Å²) in [6.07, 6.45) is 17.8. The molecule has 12 nitrogen and oxygen atoms in total. The van der Waals surface area contributed by atoms with Gasteiger partial charge in [0, 0.05) is 54.4 Å². The molecule has 1 aromatic carbocycles. The number of aromatic nitrogens is 6. The van der Waals surface area contributed by atoms with Crippen LogP contribution < -0.4 is 16.0 Å². The van der Waals surface area contributed by atoms with Crippen LogP contribution in [0.25, 0.3) is 28.0 Å². The number of amides is 1. The topological polar surface area (TPSA) is 146 Å². The molecule has 3 aliphatic rings. The highest BCUT2D eigenvalue weighted by Gasteiger charge is 2.40. The Morgan fingerprint density at radius 1 is 0.964 bits per heavy atom. The molecule has 2 saturated heterocycles. The van der Waals surface area contributed by atoms with E-state index in [2.05, 4.69) is 44.1 Å². The SMILES string of the molecule is CCC1(C(=O)NC(C)C)CCN(c2ccc(-c3nc(-c4cnn([C@H]5CC[C@H](N6CCC(c7ccc(N)cc7F)CC6)CC5)c4)cn4ncc(C#N)c34)cn2)CC1. The number of hydrogen-bond donors (Lipinski definition) is 2. The van der Waals surface area contributed by atoms with Gasteiger partial charge in [-0.1, -0.05) is 13.0 Å². The number of halogens is 1. The minimum Gasteiger partial charge on any atom is -0.399 e. The van der Waals surface area contributed by atoms with E-state index in [1.165, 1.54) is 6.07 Å². The van der Waals surface area contributed by atoms with Crippen LogP contribution in [0, 0.1) is 22.6 Å². The molecule has 2 aliphatic heterocycles. The Kier molecular flexibility index (Phi) is 10.5. The maximum atomic E-state index is 14.6. The number of carbonyl (C=O) groups is 1. The van der Waals surface area contributed by atoms with Crippen molar-refractivity contribution in [2.75, 3.05) is 36.8 Å². The van der Waals surface area contributed by atoms with Gasteiger partial charge in [0.15, 0.2) is 0 Å². The highest BCUT2D eigenvalue weighted by Crippen LogP contribution is 2.39. The number of piperidine rings is 2. The quantitative estimate of drug-likeness (QED) is 0.150. The van der Waals surface area contributed by atoms with Gasteiger partial charge < -0.3 is 20.9 Å². The zero-order valence-electron chi connectivity index (χ0n) is 32.7. The summed E-state index contributed by atoms with van der Waals surface area (Å²) >= 11 is 0. The molecule has 3 fully saturated rings. The smallest absolute Gasteiger partial charge is 0.226 e. The van der Waals surface area contributed by atoms with Gasteiger partial charge in [-0.25, -0.2) is 18.9 Å². The Morgan fingerprint density at radius 2 is 1.71 bits per heavy atom. The number of likely N-dealkylation sites (tertiary alicyclic amines) is 1. The van der Waals surface area contributed by atoms with Crippen LogP contribution in [0.3, 0.4) is 0 Å². The number of nitrogens with two attached hydrogens (primary N) is 1. The number of anilines is 2. The third-order valence-corrected chi connectivity index (χ3v) is 12.7. The predicted octanol–water partition coefficient (Wildman–Crippen LogP) is 7.13. The number of hydrogen-bond acceptors (Lipinski definition) is 9. The van der Waals surface area contributed by atoms with Gasteiger partial charge in [0.25, 0.3) is 0 Å². The Morgan fingerprint density at radius 3 is 2.38 bits per heavy atom. The number of pyridine rings is 1. The van der Waals surface area contributed by atoms with Crippen LogP contribution in [0.2, 0.25) is 0 Å². The molecule has 0 bridgehead atoms. The molecule has 4 aromatic heterocycles. The first-order valence-electron chi connectivity index (χ1n) is 20.3. The second-order valence-electron chi connectivity index (χ2n) is 16.4. The van der Waals surface area contributed by atoms with Crippen molar-refractivity contribution in [3.05, 3.63) is 78.3 Å². The van der Waals surface area contributed by atoms with Crippen molar-refractivity contribution in [2.24, 2.45) is 5.41 Å². The van der Waals surface area contributed by atoms with Crippen molar-refractivity contribution in [1.29, 1.82) is 5.26 Å². The molecule has 0 spiro atoms. The molecular weight excluding hydrogens is 706 g/mol. The molecule has 1 aliphatic carbocycles. The average molecular weight is 758 g/mol. The lowest BCUT2D eigenvalue weighted by atomic mass is 9.75. The molecule has 56 heavy (non-hydrogen) atoms. The second-order valence-corrected chi connectivity index (χ2v) is 16.4. The number of benzene rings is 1. The van der Waals surface area contributed by atoms with E-state index in [1.54, 1.807) is 10.7 Å². The molecule has 1 saturated carbocycles. The van der Waals surface area contributed by atoms with Crippen LogP contribution in [0.1, 0.15) is 102 Å². The Hall–Kier alpha value is -5.35. The minimum absolute atomic E-state index is 0.119. The van der Waals surface area contributed by atoms with Crippen LogP contribution in [0.15, 0.2) is 61.3 Å². The summed E-state index contributed by atoms with van der Waals surface area (Å²) in [6.45, 7) is 9.60. The van der Waals surface area contributed by atoms with Crippen LogP contribution in [-0.2, 0) is 4.79 Å². The number of nitrogen functional groups attached to an aromatic ring is 1. The van der Waals surface area contributed by atoms with Gasteiger partial charge >= 0.3 is 0 Å². The molecule has 5 aromatic rings. The van der Waals surface area contributed by atoms with E-state index in [-0.39, 0.29) is 29.1 Å². The Balaban J connectivity index is 0.936. The summed E-state index contributed by atoms with van der Waals surface area (Å²) in [7, 11) is 0. The lowest BCUT2D eigenvalue weighted by molar-refractivity contribution is -0.133. The molecule has 0 unspecified atom stereocenters. The average Bonchev–Trinajstić information content (AvgIpc) is 3.89. The van der Waals surface area contributed by atoms with Gasteiger partial charge in [-0.05, 0) is 120 Å². The van der Waals surface area contributed by atoms with Crippen LogP contribution in [0.5, 0.6) is 0 Å². The highest BCUT2D eigenvalue weighted by atomic mass is 19.1. The maximum absolute atomic E-state index is 14.6. The Labute approximate surface area is 327 Å². The number of nitrogens with zero attached hydrogens (tertiary/aromatic N) is 9. The van der Waals surface area contributed by atoms with E-state index in [9.17, 15) is 14.4 Å². The van der Waals surface area contributed by atoms with Gasteiger partial charge in [0.05, 0.1) is 41.4 Å². The fourth-order valence-corrected chi connectivity index (χ4v) is 9.28. The van der Waals surface area contributed by atoms with Crippen molar-refractivity contribution in [3.63, 3.8) is 0 Å². The molecule has 292 valence electrons. The van der Waals surface area contributed by atoms with Crippen molar-refractivity contribution in [1.82, 2.24) is 39.6 Å². The lowest BCUT2D eigenvalue weighted by Gasteiger charge is -2.41. The monoisotopic (exact) mass is 757 g/mol. The largest absolute Gasteiger partial charge is 0.399 e. The van der Waals surface area contributed by atoms with Gasteiger partial charge in [0.1, 0.15) is 28.8 Å². The summed E-state index contributed by atoms with van der Waals surface area (Å²) in [6, 6.07) is 12.4. The first-order chi connectivity index (χ1) is 27.1. The number of fused-ring (bicyclic) bond motifs is 1. The molecular formula is C43H52FN11O. The molecule has 8 rings (SSSR count). The van der Waals surface area contributed by atoms with Crippen molar-refractivity contribution in [3.8, 4) is 28.6 Å². The van der Waals surface area contributed by atoms with E-state index >= 15 is 0 Å². The van der Waals surface area contributed by atoms with E-state index in [0.717, 1.165) is 112 Å². The minimum atomic E-state index is -0.347. The zero-order valence-corrected chi connectivity index (χ0v) is 32.7. The van der Waals surface area contributed by atoms with Gasteiger partial charge in [-0.2, -0.15) is 15.5 Å². The number of rotatable bonds is 9. The van der Waals surface area contributed by atoms with Gasteiger partial charge in [-0.15, -0.1) is 0 Å². The van der Waals surface area contributed by atoms with Crippen LogP contribution in [-0.4, -0.2) is 78.4 Å². The third-order valence-electron chi connectivity index (χ3n) is 12.7. The van der Waals surface area contributed by atoms with E-state index in [0.29, 0.717) is 34.5 Å². The summed E-state index contributed by atoms with van der Waals surface area (Å²) in [5.41, 5.74) is 10.8. The fraction of sp³-hybridized carbons (Fsp3) is 0.488. The van der Waals surface area contributed by atoms with Crippen molar-refractivity contribution < 1.29 is 9.18 Å². The summed E-state index contributed by atoms with van der Waals surface area (Å²) in [4.78, 5) is 27.9. The summed E-state index contributed by atoms with van der Waals surface area (Å²) in [5, 5.41) is 22.4. The van der Waals surface area contributed by atoms with Crippen molar-refractivity contribution >= 4 is 22.9 Å². The van der Waals surface area contributed by atoms with Crippen LogP contribution >= 0.6 is 0 Å². The maximum Gasteiger partial charge on any atom is 0.226 e. The van der Waals surface area contributed by atoms with E-state index in [1.807, 2.05) is 56.7 Å². The zero-order chi connectivity index (χ0) is 39.0. The molecule has 13 heteroatoms. The number of nitriles is 1. The van der Waals surface area contributed by atoms with Gasteiger partial charge in [-0.3, -0.25) is 9.48 Å². The molecule has 0 radical (unpaired) electrons. The molecule has 0 atom stereocenters. The highest BCUT2D eigenvalue weighted by molar-refractivity contribution is 5.84. The molecule has 3 N–H and O–H groups in total. The summed E-state index contributed by atoms with van der Waals surface area (Å²) < 4.78 is 18.4. The van der Waals surface area contributed by atoms with E-state index in [4.69, 9.17) is 20.8 Å². The Bertz CT molecular complexity index is 2210. The molecule has 1 amide bonds. The molecule has 6 heterocycles. The standard InChI is InChI=1S/C43H52FN11O/c1-4-43(42(56)50-28(2)3)15-19-53(20-16-43)39-12-5-30(23-47-39)40-41-31(22-45)24-49-55(41)27-38(51-40)32-25-48-54(26-32)35-9-7-34(8-10-35)52-17-13-29(14-18-52)36-11-6-33(46)21-37(36)44/h5-6,11-12,21,23-29,34-35H,4,7-10,13-20,46H2,1-3H3,(H,50,56)/t34-,35-. The fourth-order valence-electron chi connectivity index (χ4n) is 9.28. The third kappa shape index (κ3) is 7.34. The predicted molar refractivity (Wildman–Crippen MR) is 215 cm³/mol. The van der Waals surface area contributed by atoms with Gasteiger partial charge in [0.2, 0.25) is 5.91 Å². The number of carbonyl (C=O) groups excluding carboxylic acids is 1.